The molecule has 0 spiro atoms. The second kappa shape index (κ2) is 2.64. The van der Waals surface area contributed by atoms with E-state index in [-0.39, 0.29) is 11.9 Å². The maximum Gasteiger partial charge on any atom is 0.116 e. The first kappa shape index (κ1) is 7.37. The molecule has 2 nitrogen and oxygen atoms in total. The summed E-state index contributed by atoms with van der Waals surface area (Å²) in [5, 5.41) is 18.4. The van der Waals surface area contributed by atoms with Crippen LogP contribution in [-0.4, -0.2) is 16.3 Å². The van der Waals surface area contributed by atoms with Crippen LogP contribution in [0.4, 0.5) is 0 Å². The number of aliphatic hydroxyl groups excluding tert-OH is 1. The lowest BCUT2D eigenvalue weighted by molar-refractivity contribution is 0.223. The van der Waals surface area contributed by atoms with Gasteiger partial charge in [-0.1, -0.05) is 18.2 Å². The monoisotopic (exact) mass is 162 g/mol. The van der Waals surface area contributed by atoms with Gasteiger partial charge in [-0.2, -0.15) is 0 Å². The molecule has 1 atom stereocenters. The lowest BCUT2D eigenvalue weighted by Crippen LogP contribution is -2.10. The molecule has 0 saturated heterocycles. The van der Waals surface area contributed by atoms with E-state index in [1.54, 1.807) is 18.2 Å². The van der Waals surface area contributed by atoms with Crippen LogP contribution in [0.15, 0.2) is 24.3 Å². The van der Waals surface area contributed by atoms with Gasteiger partial charge in [0.2, 0.25) is 0 Å². The third-order valence-electron chi connectivity index (χ3n) is 2.06. The first-order valence-corrected chi connectivity index (χ1v) is 3.94. The van der Waals surface area contributed by atoms with Crippen molar-refractivity contribution in [3.63, 3.8) is 0 Å². The van der Waals surface area contributed by atoms with Gasteiger partial charge in [0.05, 0.1) is 6.10 Å². The number of fused-ring (bicyclic) bond motifs is 1. The SMILES string of the molecule is Oc1ccc2c(c1)C=C[C@@H](O)C2. The van der Waals surface area contributed by atoms with Crippen molar-refractivity contribution in [3.05, 3.63) is 35.4 Å². The lowest BCUT2D eigenvalue weighted by atomic mass is 9.96. The van der Waals surface area contributed by atoms with E-state index in [4.69, 9.17) is 5.11 Å². The fraction of sp³-hybridized carbons (Fsp3) is 0.200. The minimum atomic E-state index is -0.373. The summed E-state index contributed by atoms with van der Waals surface area (Å²) in [7, 11) is 0. The molecule has 2 heteroatoms. The lowest BCUT2D eigenvalue weighted by Gasteiger charge is -2.14. The molecule has 0 saturated carbocycles. The molecule has 0 bridgehead atoms. The molecule has 0 fully saturated rings. The highest BCUT2D eigenvalue weighted by Gasteiger charge is 2.10. The van der Waals surface area contributed by atoms with E-state index in [9.17, 15) is 5.11 Å². The summed E-state index contributed by atoms with van der Waals surface area (Å²) in [4.78, 5) is 0. The third kappa shape index (κ3) is 1.21. The van der Waals surface area contributed by atoms with E-state index in [2.05, 4.69) is 0 Å². The highest BCUT2D eigenvalue weighted by molar-refractivity contribution is 5.59. The predicted molar refractivity (Wildman–Crippen MR) is 46.9 cm³/mol. The van der Waals surface area contributed by atoms with Crippen molar-refractivity contribution in [2.75, 3.05) is 0 Å². The van der Waals surface area contributed by atoms with E-state index in [1.165, 1.54) is 0 Å². The van der Waals surface area contributed by atoms with Gasteiger partial charge in [0.15, 0.2) is 0 Å². The maximum absolute atomic E-state index is 9.28. The average Bonchev–Trinajstić information content (AvgIpc) is 2.05. The van der Waals surface area contributed by atoms with Gasteiger partial charge in [0.25, 0.3) is 0 Å². The highest BCUT2D eigenvalue weighted by Crippen LogP contribution is 2.23. The van der Waals surface area contributed by atoms with Crippen LogP contribution in [0.1, 0.15) is 11.1 Å². The van der Waals surface area contributed by atoms with Crippen molar-refractivity contribution >= 4 is 6.08 Å². The van der Waals surface area contributed by atoms with Gasteiger partial charge in [0.1, 0.15) is 5.75 Å². The second-order valence-corrected chi connectivity index (χ2v) is 3.01. The zero-order valence-electron chi connectivity index (χ0n) is 6.57. The fourth-order valence-electron chi connectivity index (χ4n) is 1.43. The maximum atomic E-state index is 9.28. The van der Waals surface area contributed by atoms with Gasteiger partial charge in [0, 0.05) is 6.42 Å². The molecule has 2 N–H and O–H groups in total. The summed E-state index contributed by atoms with van der Waals surface area (Å²) in [6.07, 6.45) is 3.85. The van der Waals surface area contributed by atoms with Gasteiger partial charge in [-0.3, -0.25) is 0 Å². The topological polar surface area (TPSA) is 40.5 Å². The Kier molecular flexibility index (Phi) is 1.62. The van der Waals surface area contributed by atoms with Gasteiger partial charge < -0.3 is 10.2 Å². The van der Waals surface area contributed by atoms with Crippen molar-refractivity contribution < 1.29 is 10.2 Å². The fourth-order valence-corrected chi connectivity index (χ4v) is 1.43. The molecule has 1 aliphatic carbocycles. The van der Waals surface area contributed by atoms with Crippen LogP contribution >= 0.6 is 0 Å². The number of benzene rings is 1. The molecular formula is C10H10O2. The molecule has 62 valence electrons. The number of phenolic OH excluding ortho intramolecular Hbond substituents is 1. The largest absolute Gasteiger partial charge is 0.508 e. The van der Waals surface area contributed by atoms with E-state index >= 15 is 0 Å². The Hall–Kier alpha value is -1.28. The number of hydrogen-bond acceptors (Lipinski definition) is 2. The molecular weight excluding hydrogens is 152 g/mol. The van der Waals surface area contributed by atoms with Gasteiger partial charge in [-0.25, -0.2) is 0 Å². The van der Waals surface area contributed by atoms with Crippen molar-refractivity contribution in [2.24, 2.45) is 0 Å². The Morgan fingerprint density at radius 3 is 3.00 bits per heavy atom. The minimum absolute atomic E-state index is 0.273. The van der Waals surface area contributed by atoms with Gasteiger partial charge >= 0.3 is 0 Å². The first-order chi connectivity index (χ1) is 5.75. The van der Waals surface area contributed by atoms with Crippen molar-refractivity contribution in [1.29, 1.82) is 0 Å². The summed E-state index contributed by atoms with van der Waals surface area (Å²) in [6.45, 7) is 0. The highest BCUT2D eigenvalue weighted by atomic mass is 16.3. The Labute approximate surface area is 70.8 Å². The number of phenols is 1. The molecule has 1 aromatic rings. The van der Waals surface area contributed by atoms with E-state index in [1.807, 2.05) is 12.1 Å². The van der Waals surface area contributed by atoms with E-state index < -0.39 is 0 Å². The zero-order chi connectivity index (χ0) is 8.55. The summed E-state index contributed by atoms with van der Waals surface area (Å²) >= 11 is 0. The quantitative estimate of drug-likeness (QED) is 0.604. The summed E-state index contributed by atoms with van der Waals surface area (Å²) < 4.78 is 0. The molecule has 2 rings (SSSR count). The van der Waals surface area contributed by atoms with Crippen LogP contribution < -0.4 is 0 Å². The number of rotatable bonds is 0. The van der Waals surface area contributed by atoms with E-state index in [0.717, 1.165) is 11.1 Å². The van der Waals surface area contributed by atoms with Crippen molar-refractivity contribution in [3.8, 4) is 5.75 Å². The molecule has 1 aromatic carbocycles. The Balaban J connectivity index is 2.47. The third-order valence-corrected chi connectivity index (χ3v) is 2.06. The Morgan fingerprint density at radius 1 is 1.33 bits per heavy atom. The molecule has 0 aliphatic heterocycles. The van der Waals surface area contributed by atoms with Crippen LogP contribution in [0, 0.1) is 0 Å². The average molecular weight is 162 g/mol. The number of aliphatic hydroxyl groups is 1. The molecule has 0 aromatic heterocycles. The Morgan fingerprint density at radius 2 is 2.17 bits per heavy atom. The van der Waals surface area contributed by atoms with Crippen molar-refractivity contribution in [1.82, 2.24) is 0 Å². The van der Waals surface area contributed by atoms with Crippen LogP contribution in [0.3, 0.4) is 0 Å². The molecule has 12 heavy (non-hydrogen) atoms. The van der Waals surface area contributed by atoms with Gasteiger partial charge in [-0.05, 0) is 23.3 Å². The summed E-state index contributed by atoms with van der Waals surface area (Å²) in [6, 6.07) is 5.19. The van der Waals surface area contributed by atoms with Crippen molar-refractivity contribution in [2.45, 2.75) is 12.5 Å². The molecule has 0 amide bonds. The minimum Gasteiger partial charge on any atom is -0.508 e. The molecule has 0 heterocycles. The standard InChI is InChI=1S/C10H10O2/c11-9-3-1-7-5-10(12)4-2-8(7)6-9/h1-5,9,11-12H,6H2/t9-/m1/s1. The second-order valence-electron chi connectivity index (χ2n) is 3.01. The number of hydrogen-bond donors (Lipinski definition) is 2. The van der Waals surface area contributed by atoms with Crippen LogP contribution in [0.2, 0.25) is 0 Å². The first-order valence-electron chi connectivity index (χ1n) is 3.94. The van der Waals surface area contributed by atoms with E-state index in [0.29, 0.717) is 6.42 Å². The van der Waals surface area contributed by atoms with Gasteiger partial charge in [-0.15, -0.1) is 0 Å². The predicted octanol–water partition coefficient (Wildman–Crippen LogP) is 1.32. The summed E-state index contributed by atoms with van der Waals surface area (Å²) in [5.74, 6) is 0.273. The molecule has 0 radical (unpaired) electrons. The number of aromatic hydroxyl groups is 1. The zero-order valence-corrected chi connectivity index (χ0v) is 6.57. The summed E-state index contributed by atoms with van der Waals surface area (Å²) in [5.41, 5.74) is 2.09. The molecule has 0 unspecified atom stereocenters. The Bertz CT molecular complexity index is 329. The van der Waals surface area contributed by atoms with Crippen LogP contribution in [-0.2, 0) is 6.42 Å². The normalized spacial score (nSPS) is 20.6. The smallest absolute Gasteiger partial charge is 0.116 e. The van der Waals surface area contributed by atoms with Crippen LogP contribution in [0.25, 0.3) is 6.08 Å². The molecule has 1 aliphatic rings. The van der Waals surface area contributed by atoms with Crippen LogP contribution in [0.5, 0.6) is 5.75 Å².